The number of hydrazone groups is 1. The quantitative estimate of drug-likeness (QED) is 0.322. The highest BCUT2D eigenvalue weighted by Gasteiger charge is 2.39. The van der Waals surface area contributed by atoms with Crippen LogP contribution in [0, 0.1) is 11.3 Å². The molecule has 0 unspecified atom stereocenters. The number of amidine groups is 2. The maximum absolute atomic E-state index is 12.7. The Bertz CT molecular complexity index is 1420. The van der Waals surface area contributed by atoms with Crippen molar-refractivity contribution in [1.29, 1.82) is 5.41 Å². The smallest absolute Gasteiger partial charge is 0.379 e. The van der Waals surface area contributed by atoms with Gasteiger partial charge in [0, 0.05) is 0 Å². The van der Waals surface area contributed by atoms with Crippen molar-refractivity contribution in [2.45, 2.75) is 20.8 Å². The number of sulfone groups is 1. The van der Waals surface area contributed by atoms with Gasteiger partial charge in [0.1, 0.15) is 0 Å². The van der Waals surface area contributed by atoms with Crippen LogP contribution in [0.1, 0.15) is 36.9 Å². The lowest BCUT2D eigenvalue weighted by Crippen LogP contribution is -2.35. The van der Waals surface area contributed by atoms with Crippen molar-refractivity contribution in [2.75, 3.05) is 12.4 Å². The second-order valence-corrected chi connectivity index (χ2v) is 11.2. The van der Waals surface area contributed by atoms with E-state index in [0.717, 1.165) is 16.8 Å². The molecule has 13 heteroatoms. The van der Waals surface area contributed by atoms with Gasteiger partial charge < -0.3 is 13.9 Å². The molecule has 0 saturated carbocycles. The average molecular weight is 531 g/mol. The largest absolute Gasteiger partial charge is 0.490 e. The molecule has 1 aromatic heterocycles. The van der Waals surface area contributed by atoms with Crippen molar-refractivity contribution in [3.05, 3.63) is 53.5 Å². The average Bonchev–Trinajstić information content (AvgIpc) is 3.48. The second-order valence-electron chi connectivity index (χ2n) is 8.07. The van der Waals surface area contributed by atoms with Gasteiger partial charge in [-0.25, -0.2) is 13.2 Å². The number of nitrogens with zero attached hydrogens (tertiary/aromatic N) is 3. The van der Waals surface area contributed by atoms with Gasteiger partial charge >= 0.3 is 5.97 Å². The highest BCUT2D eigenvalue weighted by Crippen LogP contribution is 2.33. The molecule has 36 heavy (non-hydrogen) atoms. The first kappa shape index (κ1) is 25.4. The first-order valence-electron chi connectivity index (χ1n) is 10.8. The third kappa shape index (κ3) is 5.26. The Morgan fingerprint density at radius 2 is 2.06 bits per heavy atom. The number of hydrogen-bond donors (Lipinski definition) is 1. The number of aliphatic imine (C=N–C) groups is 1. The fourth-order valence-electron chi connectivity index (χ4n) is 3.29. The molecule has 2 aromatic rings. The van der Waals surface area contributed by atoms with Crippen LogP contribution in [0.25, 0.3) is 6.08 Å². The van der Waals surface area contributed by atoms with Crippen molar-refractivity contribution in [1.82, 2.24) is 5.01 Å². The molecule has 1 amide bonds. The zero-order chi connectivity index (χ0) is 26.0. The van der Waals surface area contributed by atoms with Crippen molar-refractivity contribution in [2.24, 2.45) is 16.0 Å². The third-order valence-corrected chi connectivity index (χ3v) is 8.19. The molecule has 0 saturated heterocycles. The predicted octanol–water partition coefficient (Wildman–Crippen LogP) is 3.54. The van der Waals surface area contributed by atoms with E-state index in [4.69, 9.17) is 19.3 Å². The van der Waals surface area contributed by atoms with Gasteiger partial charge in [-0.2, -0.15) is 10.0 Å². The number of carbonyl (C=O) groups is 2. The van der Waals surface area contributed by atoms with E-state index in [0.29, 0.717) is 5.56 Å². The van der Waals surface area contributed by atoms with E-state index in [1.165, 1.54) is 24.5 Å². The summed E-state index contributed by atoms with van der Waals surface area (Å²) in [5, 5.41) is 13.6. The zero-order valence-electron chi connectivity index (χ0n) is 19.5. The van der Waals surface area contributed by atoms with E-state index >= 15 is 0 Å². The molecule has 0 atom stereocenters. The number of carbonyl (C=O) groups excluding carboxylic acids is 2. The van der Waals surface area contributed by atoms with Crippen LogP contribution < -0.4 is 9.47 Å². The summed E-state index contributed by atoms with van der Waals surface area (Å²) in [5.74, 6) is -1.53. The highest BCUT2D eigenvalue weighted by molar-refractivity contribution is 8.42. The van der Waals surface area contributed by atoms with Crippen LogP contribution >= 0.6 is 11.8 Å². The molecule has 0 bridgehead atoms. The Balaban J connectivity index is 1.61. The molecular formula is C23H22N4O7S2. The lowest BCUT2D eigenvalue weighted by atomic mass is 10.1. The Kier molecular flexibility index (Phi) is 7.13. The van der Waals surface area contributed by atoms with Crippen molar-refractivity contribution < 1.29 is 31.9 Å². The summed E-state index contributed by atoms with van der Waals surface area (Å²) in [6.07, 6.45) is 2.76. The summed E-state index contributed by atoms with van der Waals surface area (Å²) in [7, 11) is -3.68. The topological polar surface area (TPSA) is 152 Å². The van der Waals surface area contributed by atoms with E-state index in [1.807, 2.05) is 0 Å². The van der Waals surface area contributed by atoms with Crippen LogP contribution in [-0.2, 0) is 14.6 Å². The first-order valence-corrected chi connectivity index (χ1v) is 13.3. The van der Waals surface area contributed by atoms with Crippen molar-refractivity contribution >= 4 is 54.9 Å². The van der Waals surface area contributed by atoms with Gasteiger partial charge in [-0.15, -0.1) is 5.10 Å². The van der Waals surface area contributed by atoms with E-state index in [-0.39, 0.29) is 56.5 Å². The van der Waals surface area contributed by atoms with Gasteiger partial charge in [0.05, 0.1) is 24.2 Å². The number of furan rings is 1. The molecule has 188 valence electrons. The minimum atomic E-state index is -3.68. The molecule has 1 aromatic carbocycles. The summed E-state index contributed by atoms with van der Waals surface area (Å²) in [4.78, 5) is 28.9. The number of amides is 1. The minimum absolute atomic E-state index is 0.0136. The third-order valence-electron chi connectivity index (χ3n) is 4.76. The Labute approximate surface area is 211 Å². The second kappa shape index (κ2) is 10.1. The van der Waals surface area contributed by atoms with Gasteiger partial charge in [0.15, 0.2) is 17.3 Å². The fraction of sp³-hybridized carbons (Fsp3) is 0.261. The number of rotatable bonds is 7. The maximum Gasteiger partial charge on any atom is 0.379 e. The van der Waals surface area contributed by atoms with Crippen LogP contribution in [0.15, 0.2) is 56.7 Å². The Morgan fingerprint density at radius 1 is 1.28 bits per heavy atom. The van der Waals surface area contributed by atoms with Gasteiger partial charge in [-0.1, -0.05) is 19.9 Å². The van der Waals surface area contributed by atoms with Crippen molar-refractivity contribution in [3.8, 4) is 11.5 Å². The van der Waals surface area contributed by atoms with E-state index < -0.39 is 21.7 Å². The first-order chi connectivity index (χ1) is 17.1. The molecule has 1 N–H and O–H groups in total. The SMILES string of the molecule is CCOc1cc(/C=C2/C(=N)N3N=C(S(=O)(=O)CC(C)C)SC3=NC2=O)ccc1OC(=O)c1ccco1. The van der Waals surface area contributed by atoms with Gasteiger partial charge in [0.2, 0.25) is 25.1 Å². The molecule has 2 aliphatic heterocycles. The molecule has 11 nitrogen and oxygen atoms in total. The summed E-state index contributed by atoms with van der Waals surface area (Å²) in [5.41, 5.74) is 0.375. The summed E-state index contributed by atoms with van der Waals surface area (Å²) < 4.78 is 40.9. The van der Waals surface area contributed by atoms with Crippen LogP contribution in [0.2, 0.25) is 0 Å². The van der Waals surface area contributed by atoms with Gasteiger partial charge in [-0.05, 0) is 60.5 Å². The molecule has 0 spiro atoms. The highest BCUT2D eigenvalue weighted by atomic mass is 32.3. The number of benzene rings is 1. The van der Waals surface area contributed by atoms with Crippen LogP contribution in [0.4, 0.5) is 0 Å². The fourth-order valence-corrected chi connectivity index (χ4v) is 6.08. The van der Waals surface area contributed by atoms with Crippen LogP contribution in [-0.4, -0.2) is 53.0 Å². The molecular weight excluding hydrogens is 508 g/mol. The molecule has 4 rings (SSSR count). The standard InChI is InChI=1S/C23H22N4O7S2/c1-4-32-18-11-14(7-8-16(18)34-21(29)17-6-5-9-33-17)10-15-19(24)27-22(25-20(15)28)35-23(26-27)36(30,31)12-13(2)3/h5-11,13,24H,4,12H2,1-3H3/b15-10-,24-19?. The van der Waals surface area contributed by atoms with E-state index in [9.17, 15) is 18.0 Å². The maximum atomic E-state index is 12.7. The molecule has 2 aliphatic rings. The lowest BCUT2D eigenvalue weighted by molar-refractivity contribution is -0.114. The van der Waals surface area contributed by atoms with E-state index in [1.54, 1.807) is 39.0 Å². The monoisotopic (exact) mass is 530 g/mol. The van der Waals surface area contributed by atoms with Gasteiger partial charge in [0.25, 0.3) is 5.91 Å². The molecule has 0 radical (unpaired) electrons. The van der Waals surface area contributed by atoms with Gasteiger partial charge in [-0.3, -0.25) is 10.2 Å². The van der Waals surface area contributed by atoms with Crippen molar-refractivity contribution in [3.63, 3.8) is 0 Å². The predicted molar refractivity (Wildman–Crippen MR) is 135 cm³/mol. The molecule has 3 heterocycles. The normalized spacial score (nSPS) is 16.8. The number of ether oxygens (including phenoxy) is 2. The minimum Gasteiger partial charge on any atom is -0.490 e. The molecule has 0 fully saturated rings. The zero-order valence-corrected chi connectivity index (χ0v) is 21.2. The number of esters is 1. The van der Waals surface area contributed by atoms with Crippen LogP contribution in [0.3, 0.4) is 0 Å². The number of fused-ring (bicyclic) bond motifs is 1. The summed E-state index contributed by atoms with van der Waals surface area (Å²) in [6.45, 7) is 5.58. The Morgan fingerprint density at radius 3 is 2.72 bits per heavy atom. The lowest BCUT2D eigenvalue weighted by Gasteiger charge is -2.20. The van der Waals surface area contributed by atoms with E-state index in [2.05, 4.69) is 10.1 Å². The summed E-state index contributed by atoms with van der Waals surface area (Å²) in [6, 6.07) is 7.63. The number of nitrogens with one attached hydrogen (secondary N) is 1. The molecule has 0 aliphatic carbocycles. The van der Waals surface area contributed by atoms with Crippen LogP contribution in [0.5, 0.6) is 11.5 Å². The Hall–Kier alpha value is -3.71. The number of thioether (sulfide) groups is 1. The summed E-state index contributed by atoms with van der Waals surface area (Å²) >= 11 is 0.748. The number of hydrogen-bond acceptors (Lipinski definition) is 10.